The van der Waals surface area contributed by atoms with Crippen molar-refractivity contribution in [3.05, 3.63) is 0 Å². The molecule has 0 N–H and O–H groups in total. The minimum absolute atomic E-state index is 0.769. The first-order valence-electron chi connectivity index (χ1n) is 8.07. The average molecular weight is 269 g/mol. The van der Waals surface area contributed by atoms with Crippen LogP contribution in [-0.2, 0) is 0 Å². The fourth-order valence-corrected chi connectivity index (χ4v) is 4.26. The number of thiol groups is 1. The monoisotopic (exact) mass is 269 g/mol. The lowest BCUT2D eigenvalue weighted by atomic mass is 9.68. The fourth-order valence-electron chi connectivity index (χ4n) is 3.82. The van der Waals surface area contributed by atoms with Gasteiger partial charge in [0.05, 0.1) is 0 Å². The molecule has 1 nitrogen and oxygen atoms in total. The Hall–Kier alpha value is 0.310. The summed E-state index contributed by atoms with van der Waals surface area (Å²) in [5.41, 5.74) is 0.769. The molecule has 0 aromatic rings. The van der Waals surface area contributed by atoms with Crippen molar-refractivity contribution in [3.8, 4) is 0 Å². The Morgan fingerprint density at radius 2 is 1.67 bits per heavy atom. The lowest BCUT2D eigenvalue weighted by Crippen LogP contribution is -2.41. The van der Waals surface area contributed by atoms with Gasteiger partial charge >= 0.3 is 0 Å². The zero-order valence-electron chi connectivity index (χ0n) is 12.2. The average Bonchev–Trinajstić information content (AvgIpc) is 2.40. The predicted molar refractivity (Wildman–Crippen MR) is 83.4 cm³/mol. The summed E-state index contributed by atoms with van der Waals surface area (Å²) in [6.45, 7) is 6.44. The van der Waals surface area contributed by atoms with Gasteiger partial charge in [-0.05, 0) is 75.2 Å². The Bertz CT molecular complexity index is 225. The first-order chi connectivity index (χ1) is 8.74. The van der Waals surface area contributed by atoms with Crippen molar-refractivity contribution < 1.29 is 0 Å². The summed E-state index contributed by atoms with van der Waals surface area (Å²) in [5.74, 6) is 1.90. The SMILES string of the molecule is CC(CCS)CCN1CCC2(CCCCC2)CC1. The quantitative estimate of drug-likeness (QED) is 0.725. The zero-order valence-corrected chi connectivity index (χ0v) is 13.1. The van der Waals surface area contributed by atoms with E-state index in [1.54, 1.807) is 0 Å². The second-order valence-corrected chi connectivity index (χ2v) is 7.26. The number of hydrogen-bond donors (Lipinski definition) is 1. The molecule has 1 heterocycles. The predicted octanol–water partition coefficient (Wildman–Crippen LogP) is 4.38. The largest absolute Gasteiger partial charge is 0.303 e. The van der Waals surface area contributed by atoms with Crippen molar-refractivity contribution in [1.82, 2.24) is 4.90 Å². The van der Waals surface area contributed by atoms with E-state index in [-0.39, 0.29) is 0 Å². The molecule has 0 radical (unpaired) electrons. The summed E-state index contributed by atoms with van der Waals surface area (Å²) in [7, 11) is 0. The molecular formula is C16H31NS. The van der Waals surface area contributed by atoms with Crippen LogP contribution in [0.2, 0.25) is 0 Å². The topological polar surface area (TPSA) is 3.24 Å². The summed E-state index contributed by atoms with van der Waals surface area (Å²) in [6.07, 6.45) is 13.1. The van der Waals surface area contributed by atoms with Crippen LogP contribution in [0.5, 0.6) is 0 Å². The molecule has 0 bridgehead atoms. The minimum Gasteiger partial charge on any atom is -0.303 e. The molecule has 2 fully saturated rings. The first kappa shape index (κ1) is 14.7. The van der Waals surface area contributed by atoms with Crippen LogP contribution in [0.1, 0.15) is 64.7 Å². The second-order valence-electron chi connectivity index (χ2n) is 6.81. The van der Waals surface area contributed by atoms with Crippen molar-refractivity contribution in [2.75, 3.05) is 25.4 Å². The van der Waals surface area contributed by atoms with Gasteiger partial charge in [0.2, 0.25) is 0 Å². The van der Waals surface area contributed by atoms with Crippen LogP contribution >= 0.6 is 12.6 Å². The highest BCUT2D eigenvalue weighted by Gasteiger charge is 2.35. The Balaban J connectivity index is 1.66. The van der Waals surface area contributed by atoms with Crippen LogP contribution in [0.4, 0.5) is 0 Å². The van der Waals surface area contributed by atoms with Crippen LogP contribution in [0.15, 0.2) is 0 Å². The van der Waals surface area contributed by atoms with E-state index in [1.165, 1.54) is 77.4 Å². The number of piperidine rings is 1. The Labute approximate surface area is 119 Å². The van der Waals surface area contributed by atoms with Crippen LogP contribution in [0, 0.1) is 11.3 Å². The molecule has 106 valence electrons. The number of nitrogens with zero attached hydrogens (tertiary/aromatic N) is 1. The van der Waals surface area contributed by atoms with Gasteiger partial charge < -0.3 is 4.90 Å². The fraction of sp³-hybridized carbons (Fsp3) is 1.00. The maximum atomic E-state index is 4.33. The van der Waals surface area contributed by atoms with E-state index in [4.69, 9.17) is 0 Å². The van der Waals surface area contributed by atoms with E-state index >= 15 is 0 Å². The maximum Gasteiger partial charge on any atom is -0.00134 e. The molecule has 1 atom stereocenters. The van der Waals surface area contributed by atoms with Gasteiger partial charge in [-0.15, -0.1) is 0 Å². The van der Waals surface area contributed by atoms with E-state index in [1.807, 2.05) is 0 Å². The van der Waals surface area contributed by atoms with E-state index in [2.05, 4.69) is 24.5 Å². The molecule has 0 aromatic carbocycles. The number of hydrogen-bond acceptors (Lipinski definition) is 2. The molecule has 1 aliphatic carbocycles. The molecule has 2 aliphatic rings. The van der Waals surface area contributed by atoms with Crippen LogP contribution in [0.3, 0.4) is 0 Å². The molecule has 18 heavy (non-hydrogen) atoms. The first-order valence-corrected chi connectivity index (χ1v) is 8.71. The molecule has 1 saturated carbocycles. The van der Waals surface area contributed by atoms with Crippen molar-refractivity contribution in [2.24, 2.45) is 11.3 Å². The van der Waals surface area contributed by atoms with Crippen molar-refractivity contribution >= 4 is 12.6 Å². The number of rotatable bonds is 5. The Morgan fingerprint density at radius 3 is 2.28 bits per heavy atom. The third-order valence-electron chi connectivity index (χ3n) is 5.39. The van der Waals surface area contributed by atoms with Gasteiger partial charge in [-0.2, -0.15) is 12.6 Å². The standard InChI is InChI=1S/C16H31NS/c1-15(6-14-18)5-11-17-12-9-16(10-13-17)7-3-2-4-8-16/h15,18H,2-14H2,1H3. The highest BCUT2D eigenvalue weighted by Crippen LogP contribution is 2.44. The lowest BCUT2D eigenvalue weighted by Gasteiger charge is -2.44. The summed E-state index contributed by atoms with van der Waals surface area (Å²) < 4.78 is 0. The van der Waals surface area contributed by atoms with Gasteiger partial charge in [0, 0.05) is 0 Å². The molecule has 2 heteroatoms. The highest BCUT2D eigenvalue weighted by molar-refractivity contribution is 7.80. The number of likely N-dealkylation sites (tertiary alicyclic amines) is 1. The third kappa shape index (κ3) is 4.16. The van der Waals surface area contributed by atoms with Crippen molar-refractivity contribution in [1.29, 1.82) is 0 Å². The van der Waals surface area contributed by atoms with E-state index in [0.29, 0.717) is 0 Å². The van der Waals surface area contributed by atoms with Crippen LogP contribution < -0.4 is 0 Å². The Kier molecular flexibility index (Phi) is 5.88. The summed E-state index contributed by atoms with van der Waals surface area (Å²) in [4.78, 5) is 2.72. The van der Waals surface area contributed by atoms with Gasteiger partial charge in [0.1, 0.15) is 0 Å². The highest BCUT2D eigenvalue weighted by atomic mass is 32.1. The smallest absolute Gasteiger partial charge is 0.00134 e. The van der Waals surface area contributed by atoms with Gasteiger partial charge in [0.15, 0.2) is 0 Å². The second kappa shape index (κ2) is 7.19. The van der Waals surface area contributed by atoms with Crippen LogP contribution in [-0.4, -0.2) is 30.3 Å². The molecule has 0 aromatic heterocycles. The molecule has 1 saturated heterocycles. The van der Waals surface area contributed by atoms with Crippen LogP contribution in [0.25, 0.3) is 0 Å². The summed E-state index contributed by atoms with van der Waals surface area (Å²) in [6, 6.07) is 0. The molecule has 2 rings (SSSR count). The summed E-state index contributed by atoms with van der Waals surface area (Å²) in [5, 5.41) is 0. The molecule has 0 amide bonds. The lowest BCUT2D eigenvalue weighted by molar-refractivity contribution is 0.0653. The molecule has 1 spiro atoms. The normalized spacial score (nSPS) is 26.3. The van der Waals surface area contributed by atoms with E-state index < -0.39 is 0 Å². The van der Waals surface area contributed by atoms with Gasteiger partial charge in [-0.1, -0.05) is 26.2 Å². The van der Waals surface area contributed by atoms with Gasteiger partial charge in [-0.3, -0.25) is 0 Å². The maximum absolute atomic E-state index is 4.33. The molecule has 1 unspecified atom stereocenters. The Morgan fingerprint density at radius 1 is 1.00 bits per heavy atom. The van der Waals surface area contributed by atoms with Gasteiger partial charge in [-0.25, -0.2) is 0 Å². The van der Waals surface area contributed by atoms with E-state index in [0.717, 1.165) is 17.1 Å². The zero-order chi connectivity index (χ0) is 12.8. The van der Waals surface area contributed by atoms with Gasteiger partial charge in [0.25, 0.3) is 0 Å². The summed E-state index contributed by atoms with van der Waals surface area (Å²) >= 11 is 4.33. The molecular weight excluding hydrogens is 238 g/mol. The van der Waals surface area contributed by atoms with Crippen molar-refractivity contribution in [3.63, 3.8) is 0 Å². The molecule has 1 aliphatic heterocycles. The third-order valence-corrected chi connectivity index (χ3v) is 5.65. The van der Waals surface area contributed by atoms with Crippen molar-refractivity contribution in [2.45, 2.75) is 64.7 Å². The minimum atomic E-state index is 0.769. The van der Waals surface area contributed by atoms with E-state index in [9.17, 15) is 0 Å².